The maximum Gasteiger partial charge on any atom is 0.0734 e. The Hall–Kier alpha value is -0.480. The Morgan fingerprint density at radius 2 is 2.30 bits per heavy atom. The lowest BCUT2D eigenvalue weighted by Gasteiger charge is -2.18. The van der Waals surface area contributed by atoms with E-state index in [1.807, 2.05) is 0 Å². The fourth-order valence-corrected chi connectivity index (χ4v) is 1.48. The van der Waals surface area contributed by atoms with Crippen LogP contribution in [-0.4, -0.2) is 13.2 Å². The van der Waals surface area contributed by atoms with Gasteiger partial charge in [0.05, 0.1) is 11.5 Å². The predicted octanol–water partition coefficient (Wildman–Crippen LogP) is 1.82. The van der Waals surface area contributed by atoms with Gasteiger partial charge in [-0.05, 0) is 19.3 Å². The first-order chi connectivity index (χ1) is 4.79. The van der Waals surface area contributed by atoms with Gasteiger partial charge in [0, 0.05) is 7.11 Å². The molecule has 1 rings (SSSR count). The molecule has 0 N–H and O–H groups in total. The third kappa shape index (κ3) is 1.04. The molecule has 56 valence electrons. The van der Waals surface area contributed by atoms with Crippen LogP contribution >= 0.6 is 0 Å². The lowest BCUT2D eigenvalue weighted by molar-refractivity contribution is 0.0594. The van der Waals surface area contributed by atoms with Crippen LogP contribution in [0.3, 0.4) is 0 Å². The van der Waals surface area contributed by atoms with Crippen molar-refractivity contribution in [2.24, 2.45) is 5.41 Å². The van der Waals surface area contributed by atoms with Gasteiger partial charge in [0.25, 0.3) is 0 Å². The van der Waals surface area contributed by atoms with E-state index in [1.54, 1.807) is 7.11 Å². The normalized spacial score (nSPS) is 23.3. The van der Waals surface area contributed by atoms with Gasteiger partial charge in [-0.25, -0.2) is 0 Å². The quantitative estimate of drug-likeness (QED) is 0.540. The summed E-state index contributed by atoms with van der Waals surface area (Å²) in [5.41, 5.74) is 0.115. The van der Waals surface area contributed by atoms with Crippen LogP contribution in [0.4, 0.5) is 0 Å². The van der Waals surface area contributed by atoms with Crippen molar-refractivity contribution in [3.05, 3.63) is 0 Å². The standard InChI is InChI=1S/C9H14O/c1-4-8(10-3)9(5-2)6-7-9/h2,8H,4,6-7H2,1,3H3. The molecule has 1 heteroatoms. The minimum Gasteiger partial charge on any atom is -0.380 e. The van der Waals surface area contributed by atoms with Crippen molar-refractivity contribution in [1.82, 2.24) is 0 Å². The number of rotatable bonds is 3. The fourth-order valence-electron chi connectivity index (χ4n) is 1.48. The highest BCUT2D eigenvalue weighted by Gasteiger charge is 2.47. The van der Waals surface area contributed by atoms with Crippen LogP contribution in [0.25, 0.3) is 0 Å². The molecule has 1 nitrogen and oxygen atoms in total. The van der Waals surface area contributed by atoms with Crippen molar-refractivity contribution in [3.63, 3.8) is 0 Å². The summed E-state index contributed by atoms with van der Waals surface area (Å²) >= 11 is 0. The number of ether oxygens (including phenoxy) is 1. The molecule has 1 aliphatic carbocycles. The topological polar surface area (TPSA) is 9.23 Å². The van der Waals surface area contributed by atoms with Gasteiger partial charge in [-0.15, -0.1) is 6.42 Å². The van der Waals surface area contributed by atoms with Crippen molar-refractivity contribution in [2.45, 2.75) is 32.3 Å². The number of hydrogen-bond donors (Lipinski definition) is 0. The Morgan fingerprint density at radius 1 is 1.70 bits per heavy atom. The van der Waals surface area contributed by atoms with E-state index in [-0.39, 0.29) is 11.5 Å². The molecule has 0 radical (unpaired) electrons. The zero-order valence-electron chi connectivity index (χ0n) is 6.68. The Balaban J connectivity index is 2.54. The molecule has 0 bridgehead atoms. The lowest BCUT2D eigenvalue weighted by Crippen LogP contribution is -2.21. The molecule has 10 heavy (non-hydrogen) atoms. The van der Waals surface area contributed by atoms with Gasteiger partial charge in [0.2, 0.25) is 0 Å². The second-order valence-corrected chi connectivity index (χ2v) is 2.93. The van der Waals surface area contributed by atoms with Crippen LogP contribution in [0.2, 0.25) is 0 Å². The summed E-state index contributed by atoms with van der Waals surface area (Å²) in [6.07, 6.45) is 9.01. The molecule has 1 atom stereocenters. The Labute approximate surface area is 62.8 Å². The molecule has 0 saturated heterocycles. The van der Waals surface area contributed by atoms with Gasteiger partial charge in [0.15, 0.2) is 0 Å². The van der Waals surface area contributed by atoms with Gasteiger partial charge < -0.3 is 4.74 Å². The summed E-state index contributed by atoms with van der Waals surface area (Å²) in [6.45, 7) is 2.12. The van der Waals surface area contributed by atoms with Crippen molar-refractivity contribution >= 4 is 0 Å². The SMILES string of the molecule is C#CC1(C(CC)OC)CC1. The molecule has 1 saturated carbocycles. The molecule has 0 amide bonds. The van der Waals surface area contributed by atoms with E-state index in [4.69, 9.17) is 11.2 Å². The summed E-state index contributed by atoms with van der Waals surface area (Å²) in [6, 6.07) is 0. The van der Waals surface area contributed by atoms with Gasteiger partial charge >= 0.3 is 0 Å². The molecule has 1 aliphatic rings. The fraction of sp³-hybridized carbons (Fsp3) is 0.778. The van der Waals surface area contributed by atoms with E-state index in [0.717, 1.165) is 19.3 Å². The van der Waals surface area contributed by atoms with Gasteiger partial charge in [-0.1, -0.05) is 12.8 Å². The third-order valence-electron chi connectivity index (χ3n) is 2.35. The van der Waals surface area contributed by atoms with Crippen LogP contribution < -0.4 is 0 Å². The first kappa shape index (κ1) is 7.63. The summed E-state index contributed by atoms with van der Waals surface area (Å²) in [7, 11) is 1.74. The molecular formula is C9H14O. The summed E-state index contributed by atoms with van der Waals surface area (Å²) in [5, 5.41) is 0. The lowest BCUT2D eigenvalue weighted by atomic mass is 9.98. The second-order valence-electron chi connectivity index (χ2n) is 2.93. The first-order valence-corrected chi connectivity index (χ1v) is 3.79. The van der Waals surface area contributed by atoms with Crippen molar-refractivity contribution in [1.29, 1.82) is 0 Å². The first-order valence-electron chi connectivity index (χ1n) is 3.79. The Bertz CT molecular complexity index is 147. The van der Waals surface area contributed by atoms with Crippen molar-refractivity contribution in [2.75, 3.05) is 7.11 Å². The van der Waals surface area contributed by atoms with E-state index in [2.05, 4.69) is 12.8 Å². The Morgan fingerprint density at radius 3 is 2.40 bits per heavy atom. The van der Waals surface area contributed by atoms with E-state index in [1.165, 1.54) is 0 Å². The molecule has 0 aromatic rings. The van der Waals surface area contributed by atoms with E-state index in [0.29, 0.717) is 0 Å². The highest BCUT2D eigenvalue weighted by Crippen LogP contribution is 2.49. The average Bonchev–Trinajstić information content (AvgIpc) is 2.72. The van der Waals surface area contributed by atoms with Crippen LogP contribution in [0.1, 0.15) is 26.2 Å². The van der Waals surface area contributed by atoms with Gasteiger partial charge in [-0.3, -0.25) is 0 Å². The summed E-state index contributed by atoms with van der Waals surface area (Å²) < 4.78 is 5.28. The highest BCUT2D eigenvalue weighted by molar-refractivity contribution is 5.18. The molecular weight excluding hydrogens is 124 g/mol. The average molecular weight is 138 g/mol. The van der Waals surface area contributed by atoms with Crippen LogP contribution in [0, 0.1) is 17.8 Å². The third-order valence-corrected chi connectivity index (χ3v) is 2.35. The van der Waals surface area contributed by atoms with Crippen LogP contribution in [0.5, 0.6) is 0 Å². The zero-order chi connectivity index (χ0) is 7.61. The highest BCUT2D eigenvalue weighted by atomic mass is 16.5. The maximum atomic E-state index is 5.39. The van der Waals surface area contributed by atoms with Gasteiger partial charge in [-0.2, -0.15) is 0 Å². The molecule has 0 aliphatic heterocycles. The van der Waals surface area contributed by atoms with E-state index < -0.39 is 0 Å². The Kier molecular flexibility index (Phi) is 2.01. The molecule has 0 aromatic heterocycles. The molecule has 1 unspecified atom stereocenters. The van der Waals surface area contributed by atoms with Crippen LogP contribution in [0.15, 0.2) is 0 Å². The van der Waals surface area contributed by atoms with Crippen molar-refractivity contribution < 1.29 is 4.74 Å². The minimum absolute atomic E-state index is 0.115. The zero-order valence-corrected chi connectivity index (χ0v) is 6.68. The minimum atomic E-state index is 0.115. The van der Waals surface area contributed by atoms with Gasteiger partial charge in [0.1, 0.15) is 0 Å². The second kappa shape index (κ2) is 2.64. The maximum absolute atomic E-state index is 5.39. The predicted molar refractivity (Wildman–Crippen MR) is 41.6 cm³/mol. The number of hydrogen-bond acceptors (Lipinski definition) is 1. The van der Waals surface area contributed by atoms with Crippen LogP contribution in [-0.2, 0) is 4.74 Å². The molecule has 1 fully saturated rings. The molecule has 0 spiro atoms. The summed E-state index contributed by atoms with van der Waals surface area (Å²) in [5.74, 6) is 2.83. The monoisotopic (exact) mass is 138 g/mol. The van der Waals surface area contributed by atoms with Crippen molar-refractivity contribution in [3.8, 4) is 12.3 Å². The summed E-state index contributed by atoms with van der Waals surface area (Å²) in [4.78, 5) is 0. The largest absolute Gasteiger partial charge is 0.380 e. The van der Waals surface area contributed by atoms with E-state index >= 15 is 0 Å². The number of methoxy groups -OCH3 is 1. The number of terminal acetylenes is 1. The molecule has 0 heterocycles. The van der Waals surface area contributed by atoms with E-state index in [9.17, 15) is 0 Å². The molecule has 0 aromatic carbocycles. The smallest absolute Gasteiger partial charge is 0.0734 e.